The van der Waals surface area contributed by atoms with Gasteiger partial charge in [-0.05, 0) is 30.7 Å². The van der Waals surface area contributed by atoms with Crippen molar-refractivity contribution in [3.05, 3.63) is 41.7 Å². The zero-order valence-corrected chi connectivity index (χ0v) is 8.69. The van der Waals surface area contributed by atoms with Gasteiger partial charge in [-0.25, -0.2) is 0 Å². The molecule has 0 aliphatic rings. The number of rotatable bonds is 2. The topological polar surface area (TPSA) is 78.0 Å². The lowest BCUT2D eigenvalue weighted by Crippen LogP contribution is -2.10. The Morgan fingerprint density at radius 2 is 2.31 bits per heavy atom. The highest BCUT2D eigenvalue weighted by atomic mass is 16.3. The van der Waals surface area contributed by atoms with E-state index in [-0.39, 0.29) is 11.7 Å². The third kappa shape index (κ3) is 2.03. The van der Waals surface area contributed by atoms with E-state index in [0.29, 0.717) is 16.8 Å². The van der Waals surface area contributed by atoms with Crippen LogP contribution in [0.25, 0.3) is 0 Å². The third-order valence-corrected chi connectivity index (χ3v) is 2.22. The molecule has 2 rings (SSSR count). The van der Waals surface area contributed by atoms with Crippen LogP contribution in [0.5, 0.6) is 5.75 Å². The molecule has 1 heterocycles. The smallest absolute Gasteiger partial charge is 0.258 e. The van der Waals surface area contributed by atoms with Crippen LogP contribution in [0, 0.1) is 6.92 Å². The van der Waals surface area contributed by atoms with Crippen LogP contribution in [0.2, 0.25) is 0 Å². The second kappa shape index (κ2) is 4.06. The minimum Gasteiger partial charge on any atom is -0.508 e. The summed E-state index contributed by atoms with van der Waals surface area (Å²) >= 11 is 0. The summed E-state index contributed by atoms with van der Waals surface area (Å²) in [4.78, 5) is 11.6. The van der Waals surface area contributed by atoms with Gasteiger partial charge >= 0.3 is 0 Å². The fourth-order valence-electron chi connectivity index (χ4n) is 1.31. The summed E-state index contributed by atoms with van der Waals surface area (Å²) in [6.45, 7) is 1.77. The Morgan fingerprint density at radius 3 is 2.94 bits per heavy atom. The normalized spacial score (nSPS) is 10.1. The lowest BCUT2D eigenvalue weighted by molar-refractivity contribution is 0.102. The Hall–Kier alpha value is -2.30. The van der Waals surface area contributed by atoms with Crippen LogP contribution in [0.3, 0.4) is 0 Å². The van der Waals surface area contributed by atoms with E-state index in [4.69, 9.17) is 0 Å². The number of carbonyl (C=O) groups is 1. The van der Waals surface area contributed by atoms with Crippen LogP contribution in [-0.2, 0) is 0 Å². The first-order valence-corrected chi connectivity index (χ1v) is 4.76. The molecule has 3 N–H and O–H groups in total. The van der Waals surface area contributed by atoms with E-state index in [0.717, 1.165) is 0 Å². The largest absolute Gasteiger partial charge is 0.508 e. The van der Waals surface area contributed by atoms with Crippen molar-refractivity contribution in [2.75, 3.05) is 5.32 Å². The van der Waals surface area contributed by atoms with E-state index in [1.807, 2.05) is 0 Å². The molecule has 5 heteroatoms. The number of nitrogens with zero attached hydrogens (tertiary/aromatic N) is 1. The molecule has 0 fully saturated rings. The number of phenols is 1. The van der Waals surface area contributed by atoms with E-state index in [9.17, 15) is 9.90 Å². The molecular formula is C11H11N3O2. The summed E-state index contributed by atoms with van der Waals surface area (Å²) in [6, 6.07) is 4.88. The van der Waals surface area contributed by atoms with Crippen LogP contribution >= 0.6 is 0 Å². The number of aromatic hydroxyl groups is 1. The first-order chi connectivity index (χ1) is 7.66. The van der Waals surface area contributed by atoms with Crippen molar-refractivity contribution < 1.29 is 9.90 Å². The average molecular weight is 217 g/mol. The van der Waals surface area contributed by atoms with Gasteiger partial charge in [0.1, 0.15) is 5.75 Å². The van der Waals surface area contributed by atoms with Gasteiger partial charge < -0.3 is 10.4 Å². The van der Waals surface area contributed by atoms with Crippen LogP contribution in [0.1, 0.15) is 15.9 Å². The maximum Gasteiger partial charge on any atom is 0.258 e. The number of anilines is 1. The summed E-state index contributed by atoms with van der Waals surface area (Å²) < 4.78 is 0. The molecule has 0 saturated heterocycles. The van der Waals surface area contributed by atoms with Crippen LogP contribution in [0.4, 0.5) is 5.69 Å². The number of amides is 1. The van der Waals surface area contributed by atoms with Gasteiger partial charge in [-0.2, -0.15) is 5.10 Å². The third-order valence-electron chi connectivity index (χ3n) is 2.22. The number of nitrogens with one attached hydrogen (secondary N) is 2. The molecule has 1 amide bonds. The van der Waals surface area contributed by atoms with Crippen molar-refractivity contribution in [2.24, 2.45) is 0 Å². The van der Waals surface area contributed by atoms with Crippen LogP contribution < -0.4 is 5.32 Å². The van der Waals surface area contributed by atoms with Crippen LogP contribution in [-0.4, -0.2) is 21.2 Å². The van der Waals surface area contributed by atoms with Gasteiger partial charge in [0.2, 0.25) is 0 Å². The first-order valence-electron chi connectivity index (χ1n) is 4.76. The minimum atomic E-state index is -0.237. The van der Waals surface area contributed by atoms with Gasteiger partial charge in [0.05, 0.1) is 11.8 Å². The average Bonchev–Trinajstić information content (AvgIpc) is 2.77. The highest BCUT2D eigenvalue weighted by Gasteiger charge is 2.07. The van der Waals surface area contributed by atoms with E-state index in [1.165, 1.54) is 12.4 Å². The highest BCUT2D eigenvalue weighted by Crippen LogP contribution is 2.20. The predicted octanol–water partition coefficient (Wildman–Crippen LogP) is 1.68. The second-order valence-electron chi connectivity index (χ2n) is 3.44. The molecule has 16 heavy (non-hydrogen) atoms. The molecule has 5 nitrogen and oxygen atoms in total. The molecule has 0 aliphatic heterocycles. The highest BCUT2D eigenvalue weighted by molar-refractivity contribution is 6.03. The summed E-state index contributed by atoms with van der Waals surface area (Å²) in [5, 5.41) is 18.3. The van der Waals surface area contributed by atoms with Gasteiger partial charge in [-0.15, -0.1) is 0 Å². The number of aryl methyl sites for hydroxylation is 1. The van der Waals surface area contributed by atoms with E-state index in [1.54, 1.807) is 25.1 Å². The zero-order chi connectivity index (χ0) is 11.5. The number of hydrogen-bond donors (Lipinski definition) is 3. The molecule has 1 aromatic carbocycles. The Bertz CT molecular complexity index is 506. The Morgan fingerprint density at radius 1 is 1.50 bits per heavy atom. The molecule has 82 valence electrons. The minimum absolute atomic E-state index is 0.210. The van der Waals surface area contributed by atoms with Crippen molar-refractivity contribution in [3.63, 3.8) is 0 Å². The molecule has 0 aliphatic carbocycles. The SMILES string of the molecule is Cc1cc(NC(=O)c2cn[nH]c2)ccc1O. The maximum atomic E-state index is 11.6. The van der Waals surface area contributed by atoms with Crippen molar-refractivity contribution in [2.45, 2.75) is 6.92 Å². The Labute approximate surface area is 92.1 Å². The molecule has 0 unspecified atom stereocenters. The lowest BCUT2D eigenvalue weighted by Gasteiger charge is -2.05. The van der Waals surface area contributed by atoms with Crippen molar-refractivity contribution in [1.29, 1.82) is 0 Å². The molecule has 0 spiro atoms. The predicted molar refractivity (Wildman–Crippen MR) is 59.4 cm³/mol. The van der Waals surface area contributed by atoms with Gasteiger partial charge in [-0.3, -0.25) is 9.89 Å². The standard InChI is InChI=1S/C11H11N3O2/c1-7-4-9(2-3-10(7)15)14-11(16)8-5-12-13-6-8/h2-6,15H,1H3,(H,12,13)(H,14,16). The molecular weight excluding hydrogens is 206 g/mol. The number of hydrogen-bond acceptors (Lipinski definition) is 3. The number of aromatic nitrogens is 2. The van der Waals surface area contributed by atoms with Crippen molar-refractivity contribution >= 4 is 11.6 Å². The first kappa shape index (κ1) is 10.2. The van der Waals surface area contributed by atoms with Gasteiger partial charge in [-0.1, -0.05) is 0 Å². The molecule has 0 bridgehead atoms. The van der Waals surface area contributed by atoms with Crippen molar-refractivity contribution in [3.8, 4) is 5.75 Å². The van der Waals surface area contributed by atoms with Gasteiger partial charge in [0.25, 0.3) is 5.91 Å². The number of carbonyl (C=O) groups excluding carboxylic acids is 1. The summed E-state index contributed by atoms with van der Waals surface area (Å²) in [5.74, 6) is -0.0276. The molecule has 0 atom stereocenters. The Kier molecular flexibility index (Phi) is 2.59. The fraction of sp³-hybridized carbons (Fsp3) is 0.0909. The van der Waals surface area contributed by atoms with Crippen LogP contribution in [0.15, 0.2) is 30.6 Å². The summed E-state index contributed by atoms with van der Waals surface area (Å²) in [6.07, 6.45) is 2.96. The lowest BCUT2D eigenvalue weighted by atomic mass is 10.2. The number of H-pyrrole nitrogens is 1. The van der Waals surface area contributed by atoms with Gasteiger partial charge in [0, 0.05) is 11.9 Å². The molecule has 0 saturated carbocycles. The number of aromatic amines is 1. The van der Waals surface area contributed by atoms with E-state index >= 15 is 0 Å². The number of phenolic OH excluding ortho intramolecular Hbond substituents is 1. The summed E-state index contributed by atoms with van der Waals surface area (Å²) in [7, 11) is 0. The van der Waals surface area contributed by atoms with Gasteiger partial charge in [0.15, 0.2) is 0 Å². The quantitative estimate of drug-likeness (QED) is 0.669. The van der Waals surface area contributed by atoms with E-state index in [2.05, 4.69) is 15.5 Å². The molecule has 2 aromatic rings. The maximum absolute atomic E-state index is 11.6. The Balaban J connectivity index is 2.15. The summed E-state index contributed by atoms with van der Waals surface area (Å²) in [5.41, 5.74) is 1.82. The molecule has 1 aromatic heterocycles. The van der Waals surface area contributed by atoms with Crippen molar-refractivity contribution in [1.82, 2.24) is 10.2 Å². The van der Waals surface area contributed by atoms with E-state index < -0.39 is 0 Å². The number of benzene rings is 1. The fourth-order valence-corrected chi connectivity index (χ4v) is 1.31. The zero-order valence-electron chi connectivity index (χ0n) is 8.69. The second-order valence-corrected chi connectivity index (χ2v) is 3.44. The monoisotopic (exact) mass is 217 g/mol. The molecule has 0 radical (unpaired) electrons.